The van der Waals surface area contributed by atoms with E-state index in [1.54, 1.807) is 18.2 Å². The number of rotatable bonds is 5. The van der Waals surface area contributed by atoms with Gasteiger partial charge in [0, 0.05) is 16.9 Å². The summed E-state index contributed by atoms with van der Waals surface area (Å²) in [4.78, 5) is 12.5. The summed E-state index contributed by atoms with van der Waals surface area (Å²) >= 11 is 6.14. The number of amides is 1. The van der Waals surface area contributed by atoms with Gasteiger partial charge in [-0.2, -0.15) is 0 Å². The Morgan fingerprint density at radius 2 is 1.59 bits per heavy atom. The molecule has 3 aromatic carbocycles. The van der Waals surface area contributed by atoms with Crippen LogP contribution in [0, 0.1) is 20.8 Å². The second-order valence-corrected chi connectivity index (χ2v) is 8.88. The Labute approximate surface area is 175 Å². The highest BCUT2D eigenvalue weighted by atomic mass is 35.5. The molecule has 0 radical (unpaired) electrons. The van der Waals surface area contributed by atoms with Gasteiger partial charge < -0.3 is 5.32 Å². The van der Waals surface area contributed by atoms with E-state index in [0.717, 1.165) is 16.7 Å². The van der Waals surface area contributed by atoms with Gasteiger partial charge in [-0.25, -0.2) is 8.42 Å². The zero-order valence-electron chi connectivity index (χ0n) is 16.3. The number of carbonyl (C=O) groups excluding carboxylic acids is 1. The van der Waals surface area contributed by atoms with Crippen molar-refractivity contribution < 1.29 is 13.2 Å². The van der Waals surface area contributed by atoms with E-state index in [-0.39, 0.29) is 15.5 Å². The molecule has 0 aliphatic carbocycles. The van der Waals surface area contributed by atoms with E-state index in [4.69, 9.17) is 11.6 Å². The molecule has 0 heterocycles. The maximum absolute atomic E-state index is 12.9. The van der Waals surface area contributed by atoms with Crippen LogP contribution in [0.2, 0.25) is 5.02 Å². The van der Waals surface area contributed by atoms with E-state index in [9.17, 15) is 13.2 Å². The molecule has 7 heteroatoms. The van der Waals surface area contributed by atoms with Gasteiger partial charge in [-0.05, 0) is 73.9 Å². The molecule has 3 aromatic rings. The van der Waals surface area contributed by atoms with Gasteiger partial charge in [-0.1, -0.05) is 35.9 Å². The summed E-state index contributed by atoms with van der Waals surface area (Å²) in [5, 5.41) is 2.83. The molecule has 2 N–H and O–H groups in total. The monoisotopic (exact) mass is 428 g/mol. The van der Waals surface area contributed by atoms with Gasteiger partial charge in [0.15, 0.2) is 0 Å². The predicted octanol–water partition coefficient (Wildman–Crippen LogP) is 5.32. The molecule has 0 unspecified atom stereocenters. The summed E-state index contributed by atoms with van der Waals surface area (Å²) in [6.07, 6.45) is 0. The normalized spacial score (nSPS) is 11.2. The maximum atomic E-state index is 12.9. The minimum absolute atomic E-state index is 0.0359. The first-order chi connectivity index (χ1) is 13.7. The second-order valence-electron chi connectivity index (χ2n) is 6.82. The van der Waals surface area contributed by atoms with E-state index in [1.807, 2.05) is 45.0 Å². The van der Waals surface area contributed by atoms with Crippen molar-refractivity contribution in [3.63, 3.8) is 0 Å². The third-order valence-corrected chi connectivity index (χ3v) is 6.50. The fourth-order valence-electron chi connectivity index (χ4n) is 2.77. The lowest BCUT2D eigenvalue weighted by molar-refractivity contribution is 0.102. The fourth-order valence-corrected chi connectivity index (χ4v) is 4.35. The molecule has 0 bridgehead atoms. The molecule has 0 saturated carbocycles. The van der Waals surface area contributed by atoms with Crippen LogP contribution in [-0.2, 0) is 10.0 Å². The fraction of sp³-hybridized carbons (Fsp3) is 0.136. The molecule has 0 atom stereocenters. The lowest BCUT2D eigenvalue weighted by atomic mass is 10.1. The summed E-state index contributed by atoms with van der Waals surface area (Å²) < 4.78 is 28.3. The number of sulfonamides is 1. The number of halogens is 1. The topological polar surface area (TPSA) is 75.3 Å². The van der Waals surface area contributed by atoms with Crippen LogP contribution in [0.1, 0.15) is 27.0 Å². The van der Waals surface area contributed by atoms with Crippen LogP contribution >= 0.6 is 11.6 Å². The molecule has 1 amide bonds. The van der Waals surface area contributed by atoms with Crippen molar-refractivity contribution in [2.24, 2.45) is 0 Å². The van der Waals surface area contributed by atoms with E-state index in [0.29, 0.717) is 11.4 Å². The van der Waals surface area contributed by atoms with Crippen LogP contribution in [0.4, 0.5) is 11.4 Å². The third-order valence-electron chi connectivity index (χ3n) is 4.64. The molecule has 0 saturated heterocycles. The molecule has 5 nitrogen and oxygen atoms in total. The number of benzene rings is 3. The van der Waals surface area contributed by atoms with Crippen LogP contribution in [0.15, 0.2) is 65.6 Å². The zero-order valence-corrected chi connectivity index (χ0v) is 17.9. The van der Waals surface area contributed by atoms with Crippen molar-refractivity contribution in [2.45, 2.75) is 25.7 Å². The van der Waals surface area contributed by atoms with Crippen molar-refractivity contribution >= 4 is 38.9 Å². The lowest BCUT2D eigenvalue weighted by Crippen LogP contribution is -2.17. The van der Waals surface area contributed by atoms with E-state index >= 15 is 0 Å². The SMILES string of the molecule is Cc1ccc(NS(=O)(=O)c2cc(C(=O)Nc3ccccc3C)ccc2Cl)cc1C. The van der Waals surface area contributed by atoms with Crippen molar-refractivity contribution in [1.82, 2.24) is 0 Å². The molecular formula is C22H21ClN2O3S. The largest absolute Gasteiger partial charge is 0.322 e. The van der Waals surface area contributed by atoms with Crippen LogP contribution < -0.4 is 10.0 Å². The quantitative estimate of drug-likeness (QED) is 0.577. The number of anilines is 2. The van der Waals surface area contributed by atoms with E-state index in [2.05, 4.69) is 10.0 Å². The molecule has 0 aliphatic rings. The van der Waals surface area contributed by atoms with Gasteiger partial charge in [-0.15, -0.1) is 0 Å². The van der Waals surface area contributed by atoms with Crippen molar-refractivity contribution in [3.8, 4) is 0 Å². The lowest BCUT2D eigenvalue weighted by Gasteiger charge is -2.13. The summed E-state index contributed by atoms with van der Waals surface area (Å²) in [6, 6.07) is 16.8. The van der Waals surface area contributed by atoms with Crippen LogP contribution in [0.5, 0.6) is 0 Å². The van der Waals surface area contributed by atoms with E-state index in [1.165, 1.54) is 18.2 Å². The minimum atomic E-state index is -3.97. The van der Waals surface area contributed by atoms with Gasteiger partial charge in [0.05, 0.1) is 5.02 Å². The van der Waals surface area contributed by atoms with Crippen LogP contribution in [-0.4, -0.2) is 14.3 Å². The highest BCUT2D eigenvalue weighted by molar-refractivity contribution is 7.92. The van der Waals surface area contributed by atoms with Gasteiger partial charge in [0.1, 0.15) is 4.90 Å². The van der Waals surface area contributed by atoms with Gasteiger partial charge >= 0.3 is 0 Å². The number of carbonyl (C=O) groups is 1. The average Bonchev–Trinajstić information content (AvgIpc) is 2.66. The molecule has 0 aliphatic heterocycles. The molecule has 0 fully saturated rings. The van der Waals surface area contributed by atoms with Crippen LogP contribution in [0.3, 0.4) is 0 Å². The van der Waals surface area contributed by atoms with Gasteiger partial charge in [-0.3, -0.25) is 9.52 Å². The van der Waals surface area contributed by atoms with Crippen LogP contribution in [0.25, 0.3) is 0 Å². The third kappa shape index (κ3) is 4.78. The van der Waals surface area contributed by atoms with Crippen molar-refractivity contribution in [2.75, 3.05) is 10.0 Å². The first-order valence-electron chi connectivity index (χ1n) is 8.94. The summed E-state index contributed by atoms with van der Waals surface area (Å²) in [7, 11) is -3.97. The van der Waals surface area contributed by atoms with Crippen molar-refractivity contribution in [3.05, 3.63) is 87.9 Å². The minimum Gasteiger partial charge on any atom is -0.322 e. The average molecular weight is 429 g/mol. The van der Waals surface area contributed by atoms with Gasteiger partial charge in [0.2, 0.25) is 0 Å². The predicted molar refractivity (Wildman–Crippen MR) is 117 cm³/mol. The maximum Gasteiger partial charge on any atom is 0.263 e. The number of nitrogens with one attached hydrogen (secondary N) is 2. The Balaban J connectivity index is 1.90. The first-order valence-corrected chi connectivity index (χ1v) is 10.8. The Bertz CT molecular complexity index is 1190. The number of hydrogen-bond acceptors (Lipinski definition) is 3. The Hall–Kier alpha value is -2.83. The summed E-state index contributed by atoms with van der Waals surface area (Å²) in [5.41, 5.74) is 4.20. The van der Waals surface area contributed by atoms with Crippen molar-refractivity contribution in [1.29, 1.82) is 0 Å². The molecule has 0 spiro atoms. The highest BCUT2D eigenvalue weighted by Gasteiger charge is 2.21. The van der Waals surface area contributed by atoms with Gasteiger partial charge in [0.25, 0.3) is 15.9 Å². The highest BCUT2D eigenvalue weighted by Crippen LogP contribution is 2.26. The standard InChI is InChI=1S/C22H21ClN2O3S/c1-14-8-10-18(12-16(14)3)25-29(27,28)21-13-17(9-11-19(21)23)22(26)24-20-7-5-4-6-15(20)2/h4-13,25H,1-3H3,(H,24,26). The Morgan fingerprint density at radius 3 is 2.28 bits per heavy atom. The summed E-state index contributed by atoms with van der Waals surface area (Å²) in [6.45, 7) is 5.72. The molecule has 0 aromatic heterocycles. The van der Waals surface area contributed by atoms with E-state index < -0.39 is 15.9 Å². The Kier molecular flexibility index (Phi) is 5.96. The number of para-hydroxylation sites is 1. The second kappa shape index (κ2) is 8.27. The number of aryl methyl sites for hydroxylation is 3. The first kappa shape index (κ1) is 20.9. The molecule has 150 valence electrons. The molecular weight excluding hydrogens is 408 g/mol. The smallest absolute Gasteiger partial charge is 0.263 e. The molecule has 29 heavy (non-hydrogen) atoms. The molecule has 3 rings (SSSR count). The number of hydrogen-bond donors (Lipinski definition) is 2. The summed E-state index contributed by atoms with van der Waals surface area (Å²) in [5.74, 6) is -0.418. The Morgan fingerprint density at radius 1 is 0.862 bits per heavy atom. The zero-order chi connectivity index (χ0) is 21.2.